The topological polar surface area (TPSA) is 110 Å². The van der Waals surface area contributed by atoms with Crippen molar-refractivity contribution in [2.24, 2.45) is 12.8 Å². The lowest BCUT2D eigenvalue weighted by Gasteiger charge is -2.28. The molecule has 0 aliphatic heterocycles. The monoisotopic (exact) mass is 546 g/mol. The van der Waals surface area contributed by atoms with Crippen molar-refractivity contribution in [2.45, 2.75) is 88.1 Å². The average molecular weight is 547 g/mol. The summed E-state index contributed by atoms with van der Waals surface area (Å²) in [5, 5.41) is 13.3. The second-order valence-electron chi connectivity index (χ2n) is 10.5. The number of carbonyl (C=O) groups excluding carboxylic acids is 1. The van der Waals surface area contributed by atoms with Gasteiger partial charge >= 0.3 is 12.3 Å². The minimum atomic E-state index is -4.42. The van der Waals surface area contributed by atoms with Crippen molar-refractivity contribution in [3.05, 3.63) is 59.4 Å². The molecular weight excluding hydrogens is 513 g/mol. The third kappa shape index (κ3) is 6.36. The van der Waals surface area contributed by atoms with Crippen molar-refractivity contribution >= 4 is 6.09 Å². The van der Waals surface area contributed by atoms with Gasteiger partial charge in [-0.1, -0.05) is 6.07 Å². The summed E-state index contributed by atoms with van der Waals surface area (Å²) in [6.07, 6.45) is 6.24. The number of ether oxygens (including phenoxy) is 2. The lowest BCUT2D eigenvalue weighted by atomic mass is 9.79. The average Bonchev–Trinajstić information content (AvgIpc) is 3.55. The van der Waals surface area contributed by atoms with Crippen LogP contribution in [0.2, 0.25) is 0 Å². The van der Waals surface area contributed by atoms with Gasteiger partial charge in [0.15, 0.2) is 5.82 Å². The Labute approximate surface area is 224 Å². The van der Waals surface area contributed by atoms with Crippen molar-refractivity contribution in [3.8, 4) is 5.75 Å². The molecule has 5 rings (SSSR count). The fourth-order valence-electron chi connectivity index (χ4n) is 5.81. The Bertz CT molecular complexity index is 1270. The van der Waals surface area contributed by atoms with E-state index in [1.165, 1.54) is 17.7 Å². The van der Waals surface area contributed by atoms with Crippen LogP contribution in [0.3, 0.4) is 0 Å². The SMILES string of the molecule is Cn1c(COc2cccc(C(F)(F)F)c2)nnc1[C@H]1CC[C@H](c2cnn([C@H]3CC[C@H](OC(N)=O)CC3)c2)CC1. The summed E-state index contributed by atoms with van der Waals surface area (Å²) in [6.45, 7) is 0.0376. The standard InChI is InChI=1S/C27H33F3N6O3/c1-35-24(16-38-23-4-2-3-20(13-23)27(28,29)30)33-34-25(35)18-7-5-17(6-8-18)19-14-32-36(15-19)21-9-11-22(12-10-21)39-26(31)37/h2-4,13-15,17-18,21-22H,5-12,16H2,1H3,(H2,31,37)/t17-,18-,21-,22-. The zero-order valence-electron chi connectivity index (χ0n) is 21.8. The first-order chi connectivity index (χ1) is 18.7. The number of halogens is 3. The Balaban J connectivity index is 1.13. The summed E-state index contributed by atoms with van der Waals surface area (Å²) in [4.78, 5) is 11.0. The summed E-state index contributed by atoms with van der Waals surface area (Å²) in [7, 11) is 1.87. The molecule has 2 aliphatic rings. The van der Waals surface area contributed by atoms with Crippen LogP contribution in [0.1, 0.15) is 92.0 Å². The van der Waals surface area contributed by atoms with E-state index in [-0.39, 0.29) is 24.4 Å². The Hall–Kier alpha value is -3.57. The molecular formula is C27H33F3N6O3. The van der Waals surface area contributed by atoms with Gasteiger partial charge in [-0.25, -0.2) is 4.79 Å². The lowest BCUT2D eigenvalue weighted by molar-refractivity contribution is -0.137. The Morgan fingerprint density at radius 1 is 1.05 bits per heavy atom. The fraction of sp³-hybridized carbons (Fsp3) is 0.556. The number of benzene rings is 1. The largest absolute Gasteiger partial charge is 0.486 e. The van der Waals surface area contributed by atoms with Gasteiger partial charge in [0, 0.05) is 19.2 Å². The molecule has 1 amide bonds. The highest BCUT2D eigenvalue weighted by Gasteiger charge is 2.31. The molecule has 0 saturated heterocycles. The second kappa shape index (κ2) is 11.3. The van der Waals surface area contributed by atoms with E-state index in [2.05, 4.69) is 26.2 Å². The molecule has 2 heterocycles. The highest BCUT2D eigenvalue weighted by atomic mass is 19.4. The predicted molar refractivity (Wildman–Crippen MR) is 135 cm³/mol. The molecule has 0 radical (unpaired) electrons. The summed E-state index contributed by atoms with van der Waals surface area (Å²) in [5.74, 6) is 2.28. The Kier molecular flexibility index (Phi) is 7.81. The fourth-order valence-corrected chi connectivity index (χ4v) is 5.81. The van der Waals surface area contributed by atoms with Crippen molar-refractivity contribution < 1.29 is 27.4 Å². The van der Waals surface area contributed by atoms with E-state index in [4.69, 9.17) is 15.2 Å². The zero-order valence-corrected chi connectivity index (χ0v) is 21.8. The van der Waals surface area contributed by atoms with Gasteiger partial charge in [-0.3, -0.25) is 4.68 Å². The maximum Gasteiger partial charge on any atom is 0.416 e. The number of nitrogens with zero attached hydrogens (tertiary/aromatic N) is 5. The van der Waals surface area contributed by atoms with E-state index in [1.54, 1.807) is 0 Å². The molecule has 0 spiro atoms. The van der Waals surface area contributed by atoms with Crippen LogP contribution in [0.4, 0.5) is 18.0 Å². The van der Waals surface area contributed by atoms with Crippen molar-refractivity contribution in [1.82, 2.24) is 24.5 Å². The third-order valence-electron chi connectivity index (χ3n) is 8.01. The molecule has 1 aromatic carbocycles. The molecule has 2 saturated carbocycles. The van der Waals surface area contributed by atoms with Gasteiger partial charge in [0.1, 0.15) is 24.3 Å². The number of hydrogen-bond donors (Lipinski definition) is 1. The molecule has 2 aliphatic carbocycles. The van der Waals surface area contributed by atoms with Gasteiger partial charge in [-0.2, -0.15) is 18.3 Å². The Morgan fingerprint density at radius 2 is 1.77 bits per heavy atom. The molecule has 2 fully saturated rings. The second-order valence-corrected chi connectivity index (χ2v) is 10.5. The number of primary amides is 1. The smallest absolute Gasteiger partial charge is 0.416 e. The van der Waals surface area contributed by atoms with E-state index < -0.39 is 17.8 Å². The van der Waals surface area contributed by atoms with Gasteiger partial charge in [-0.15, -0.1) is 10.2 Å². The number of carbonyl (C=O) groups is 1. The highest BCUT2D eigenvalue weighted by molar-refractivity contribution is 5.64. The number of hydrogen-bond acceptors (Lipinski definition) is 6. The molecule has 12 heteroatoms. The molecule has 2 aromatic heterocycles. The lowest BCUT2D eigenvalue weighted by Crippen LogP contribution is -2.28. The van der Waals surface area contributed by atoms with Crippen molar-refractivity contribution in [3.63, 3.8) is 0 Å². The summed E-state index contributed by atoms with van der Waals surface area (Å²) >= 11 is 0. The molecule has 210 valence electrons. The van der Waals surface area contributed by atoms with E-state index in [0.29, 0.717) is 17.8 Å². The first-order valence-corrected chi connectivity index (χ1v) is 13.4. The van der Waals surface area contributed by atoms with Crippen LogP contribution in [0, 0.1) is 0 Å². The number of alkyl halides is 3. The van der Waals surface area contributed by atoms with E-state index in [0.717, 1.165) is 69.3 Å². The van der Waals surface area contributed by atoms with Gasteiger partial charge in [0.05, 0.1) is 17.8 Å². The van der Waals surface area contributed by atoms with Crippen molar-refractivity contribution in [2.75, 3.05) is 0 Å². The molecule has 3 aromatic rings. The number of amides is 1. The van der Waals surface area contributed by atoms with E-state index in [9.17, 15) is 18.0 Å². The maximum atomic E-state index is 13.0. The molecule has 2 N–H and O–H groups in total. The molecule has 0 bridgehead atoms. The number of nitrogens with two attached hydrogens (primary N) is 1. The third-order valence-corrected chi connectivity index (χ3v) is 8.01. The summed E-state index contributed by atoms with van der Waals surface area (Å²) in [5.41, 5.74) is 5.64. The summed E-state index contributed by atoms with van der Waals surface area (Å²) < 4.78 is 53.6. The molecule has 39 heavy (non-hydrogen) atoms. The minimum Gasteiger partial charge on any atom is -0.486 e. The zero-order chi connectivity index (χ0) is 27.6. The van der Waals surface area contributed by atoms with Crippen LogP contribution >= 0.6 is 0 Å². The van der Waals surface area contributed by atoms with Gasteiger partial charge in [0.2, 0.25) is 0 Å². The normalized spacial score (nSPS) is 23.9. The number of aromatic nitrogens is 5. The number of rotatable bonds is 7. The van der Waals surface area contributed by atoms with E-state index in [1.807, 2.05) is 17.8 Å². The van der Waals surface area contributed by atoms with E-state index >= 15 is 0 Å². The highest BCUT2D eigenvalue weighted by Crippen LogP contribution is 2.40. The minimum absolute atomic E-state index is 0.0376. The van der Waals surface area contributed by atoms with Gasteiger partial charge < -0.3 is 19.8 Å². The van der Waals surface area contributed by atoms with Gasteiger partial charge in [-0.05, 0) is 81.0 Å². The first kappa shape index (κ1) is 27.0. The maximum absolute atomic E-state index is 13.0. The van der Waals surface area contributed by atoms with Crippen LogP contribution in [-0.2, 0) is 24.6 Å². The summed E-state index contributed by atoms with van der Waals surface area (Å²) in [6, 6.07) is 5.14. The molecule has 0 unspecified atom stereocenters. The predicted octanol–water partition coefficient (Wildman–Crippen LogP) is 5.63. The quantitative estimate of drug-likeness (QED) is 0.411. The van der Waals surface area contributed by atoms with Crippen molar-refractivity contribution in [1.29, 1.82) is 0 Å². The molecule has 0 atom stereocenters. The van der Waals surface area contributed by atoms with Crippen LogP contribution in [0.5, 0.6) is 5.75 Å². The van der Waals surface area contributed by atoms with Crippen LogP contribution in [0.25, 0.3) is 0 Å². The van der Waals surface area contributed by atoms with Crippen LogP contribution < -0.4 is 10.5 Å². The van der Waals surface area contributed by atoms with Crippen LogP contribution in [0.15, 0.2) is 36.7 Å². The van der Waals surface area contributed by atoms with Crippen LogP contribution in [-0.4, -0.2) is 36.7 Å². The first-order valence-electron chi connectivity index (χ1n) is 13.4. The van der Waals surface area contributed by atoms with Gasteiger partial charge in [0.25, 0.3) is 0 Å². The molecule has 9 nitrogen and oxygen atoms in total. The Morgan fingerprint density at radius 3 is 2.46 bits per heavy atom.